The molecule has 0 bridgehead atoms. The first-order chi connectivity index (χ1) is 8.09. The molecule has 1 aromatic heterocycles. The van der Waals surface area contributed by atoms with Crippen LogP contribution in [0.1, 0.15) is 76.4 Å². The number of hydrogen-bond donors (Lipinski definition) is 0. The van der Waals surface area contributed by atoms with Crippen LogP contribution in [-0.4, -0.2) is 4.98 Å². The molecule has 0 amide bonds. The first kappa shape index (κ1) is 13.8. The summed E-state index contributed by atoms with van der Waals surface area (Å²) in [6.45, 7) is 16.0. The Balaban J connectivity index is 2.48. The van der Waals surface area contributed by atoms with E-state index in [1.807, 2.05) is 11.3 Å². The average Bonchev–Trinajstić information content (AvgIpc) is 2.59. The van der Waals surface area contributed by atoms with Crippen molar-refractivity contribution in [1.29, 1.82) is 0 Å². The van der Waals surface area contributed by atoms with E-state index in [4.69, 9.17) is 4.98 Å². The quantitative estimate of drug-likeness (QED) is 0.612. The van der Waals surface area contributed by atoms with Crippen LogP contribution in [0.5, 0.6) is 0 Å². The Labute approximate surface area is 115 Å². The van der Waals surface area contributed by atoms with E-state index in [2.05, 4.69) is 54.5 Å². The summed E-state index contributed by atoms with van der Waals surface area (Å²) < 4.78 is 0. The molecule has 2 heteroatoms. The van der Waals surface area contributed by atoms with Crippen LogP contribution < -0.4 is 0 Å². The fourth-order valence-electron chi connectivity index (χ4n) is 2.29. The molecule has 2 rings (SSSR count). The Morgan fingerprint density at radius 2 is 1.72 bits per heavy atom. The fourth-order valence-corrected chi connectivity index (χ4v) is 3.50. The lowest BCUT2D eigenvalue weighted by Crippen LogP contribution is -2.15. The molecule has 0 radical (unpaired) electrons. The van der Waals surface area contributed by atoms with Gasteiger partial charge in [0.05, 0.1) is 15.6 Å². The molecule has 0 saturated heterocycles. The summed E-state index contributed by atoms with van der Waals surface area (Å²) in [7, 11) is 0. The third-order valence-electron chi connectivity index (χ3n) is 3.58. The molecule has 0 spiro atoms. The van der Waals surface area contributed by atoms with Gasteiger partial charge in [-0.05, 0) is 17.9 Å². The maximum atomic E-state index is 4.89. The Morgan fingerprint density at radius 3 is 2.22 bits per heavy atom. The highest BCUT2D eigenvalue weighted by Gasteiger charge is 2.29. The van der Waals surface area contributed by atoms with E-state index in [-0.39, 0.29) is 10.8 Å². The molecule has 1 heterocycles. The van der Waals surface area contributed by atoms with E-state index >= 15 is 0 Å². The van der Waals surface area contributed by atoms with E-state index in [1.54, 1.807) is 5.57 Å². The first-order valence-corrected chi connectivity index (χ1v) is 7.63. The van der Waals surface area contributed by atoms with Crippen molar-refractivity contribution in [2.24, 2.45) is 5.41 Å². The van der Waals surface area contributed by atoms with Crippen LogP contribution in [0.25, 0.3) is 6.08 Å². The molecular weight excluding hydrogens is 238 g/mol. The molecular formula is C16H25NS. The summed E-state index contributed by atoms with van der Waals surface area (Å²) in [5.41, 5.74) is 3.32. The maximum Gasteiger partial charge on any atom is 0.0988 e. The maximum absolute atomic E-state index is 4.89. The van der Waals surface area contributed by atoms with Crippen molar-refractivity contribution in [2.75, 3.05) is 0 Å². The van der Waals surface area contributed by atoms with Crippen molar-refractivity contribution in [3.63, 3.8) is 0 Å². The monoisotopic (exact) mass is 263 g/mol. The molecule has 0 N–H and O–H groups in total. The number of hydrogen-bond acceptors (Lipinski definition) is 2. The lowest BCUT2D eigenvalue weighted by atomic mass is 9.78. The van der Waals surface area contributed by atoms with Crippen LogP contribution in [-0.2, 0) is 5.41 Å². The van der Waals surface area contributed by atoms with Gasteiger partial charge in [0, 0.05) is 11.3 Å². The van der Waals surface area contributed by atoms with Gasteiger partial charge in [-0.3, -0.25) is 0 Å². The molecule has 1 aliphatic rings. The van der Waals surface area contributed by atoms with E-state index in [0.717, 1.165) is 6.42 Å². The highest BCUT2D eigenvalue weighted by molar-refractivity contribution is 7.12. The second-order valence-corrected chi connectivity index (χ2v) is 8.57. The molecule has 0 aromatic carbocycles. The normalized spacial score (nSPS) is 20.6. The van der Waals surface area contributed by atoms with Crippen LogP contribution in [0.2, 0.25) is 0 Å². The lowest BCUT2D eigenvalue weighted by molar-refractivity contribution is 0.468. The standard InChI is InChI=1S/C16H25NS/c1-10-8-11(15(2,3)4)9-12-13(10)17-14(18-12)16(5,6)7/h9-10H,8H2,1-7H3. The van der Waals surface area contributed by atoms with Gasteiger partial charge in [0.25, 0.3) is 0 Å². The van der Waals surface area contributed by atoms with Crippen molar-refractivity contribution in [1.82, 2.24) is 4.98 Å². The van der Waals surface area contributed by atoms with Gasteiger partial charge in [-0.15, -0.1) is 11.3 Å². The van der Waals surface area contributed by atoms with E-state index in [9.17, 15) is 0 Å². The number of allylic oxidation sites excluding steroid dienone is 1. The summed E-state index contributed by atoms with van der Waals surface area (Å²) in [5.74, 6) is 0.562. The number of aromatic nitrogens is 1. The van der Waals surface area contributed by atoms with Gasteiger partial charge in [-0.25, -0.2) is 4.98 Å². The van der Waals surface area contributed by atoms with Crippen LogP contribution in [0.4, 0.5) is 0 Å². The molecule has 100 valence electrons. The fraction of sp³-hybridized carbons (Fsp3) is 0.688. The first-order valence-electron chi connectivity index (χ1n) is 6.81. The Bertz CT molecular complexity index is 480. The van der Waals surface area contributed by atoms with Crippen LogP contribution in [0.15, 0.2) is 5.57 Å². The molecule has 1 atom stereocenters. The smallest absolute Gasteiger partial charge is 0.0988 e. The van der Waals surface area contributed by atoms with E-state index < -0.39 is 0 Å². The van der Waals surface area contributed by atoms with Gasteiger partial charge < -0.3 is 0 Å². The third kappa shape index (κ3) is 2.54. The molecule has 0 saturated carbocycles. The molecule has 1 aromatic rings. The minimum atomic E-state index is 0.164. The molecule has 1 aliphatic carbocycles. The zero-order valence-corrected chi connectivity index (χ0v) is 13.5. The summed E-state index contributed by atoms with van der Waals surface area (Å²) in [6, 6.07) is 0. The Kier molecular flexibility index (Phi) is 3.21. The molecule has 1 unspecified atom stereocenters. The van der Waals surface area contributed by atoms with Crippen LogP contribution in [0, 0.1) is 5.41 Å². The van der Waals surface area contributed by atoms with Crippen LogP contribution in [0.3, 0.4) is 0 Å². The van der Waals surface area contributed by atoms with Gasteiger partial charge in [0.2, 0.25) is 0 Å². The van der Waals surface area contributed by atoms with Crippen molar-refractivity contribution >= 4 is 17.4 Å². The van der Waals surface area contributed by atoms with Gasteiger partial charge in [-0.2, -0.15) is 0 Å². The van der Waals surface area contributed by atoms with Crippen molar-refractivity contribution in [2.45, 2.75) is 66.2 Å². The van der Waals surface area contributed by atoms with Gasteiger partial charge in [-0.1, -0.05) is 54.0 Å². The summed E-state index contributed by atoms with van der Waals surface area (Å²) in [5, 5.41) is 1.27. The largest absolute Gasteiger partial charge is 0.245 e. The number of thiazole rings is 1. The lowest BCUT2D eigenvalue weighted by Gasteiger charge is -2.28. The predicted molar refractivity (Wildman–Crippen MR) is 81.3 cm³/mol. The SMILES string of the molecule is CC1CC(C(C)(C)C)=Cc2sc(C(C)(C)C)nc21. The molecule has 1 nitrogen and oxygen atoms in total. The zero-order valence-electron chi connectivity index (χ0n) is 12.7. The van der Waals surface area contributed by atoms with Gasteiger partial charge >= 0.3 is 0 Å². The minimum Gasteiger partial charge on any atom is -0.245 e. The van der Waals surface area contributed by atoms with E-state index in [1.165, 1.54) is 15.6 Å². The number of rotatable bonds is 0. The van der Waals surface area contributed by atoms with Gasteiger partial charge in [0.1, 0.15) is 0 Å². The Hall–Kier alpha value is -0.630. The van der Waals surface area contributed by atoms with Gasteiger partial charge in [0.15, 0.2) is 0 Å². The predicted octanol–water partition coefficient (Wildman–Crippen LogP) is 5.38. The van der Waals surface area contributed by atoms with Crippen LogP contribution >= 0.6 is 11.3 Å². The average molecular weight is 263 g/mol. The summed E-state index contributed by atoms with van der Waals surface area (Å²) in [4.78, 5) is 6.29. The molecule has 0 fully saturated rings. The topological polar surface area (TPSA) is 12.9 Å². The minimum absolute atomic E-state index is 0.164. The van der Waals surface area contributed by atoms with Crippen molar-refractivity contribution < 1.29 is 0 Å². The number of nitrogens with zero attached hydrogens (tertiary/aromatic N) is 1. The molecule has 0 aliphatic heterocycles. The number of fused-ring (bicyclic) bond motifs is 1. The highest BCUT2D eigenvalue weighted by Crippen LogP contribution is 2.44. The zero-order chi connectivity index (χ0) is 13.7. The van der Waals surface area contributed by atoms with E-state index in [0.29, 0.717) is 5.92 Å². The molecule has 18 heavy (non-hydrogen) atoms. The van der Waals surface area contributed by atoms with Crippen molar-refractivity contribution in [3.8, 4) is 0 Å². The second-order valence-electron chi connectivity index (χ2n) is 7.54. The summed E-state index contributed by atoms with van der Waals surface area (Å²) >= 11 is 1.88. The highest BCUT2D eigenvalue weighted by atomic mass is 32.1. The van der Waals surface area contributed by atoms with Crippen molar-refractivity contribution in [3.05, 3.63) is 21.2 Å². The third-order valence-corrected chi connectivity index (χ3v) is 5.03. The Morgan fingerprint density at radius 1 is 1.11 bits per heavy atom. The summed E-state index contributed by atoms with van der Waals surface area (Å²) in [6.07, 6.45) is 3.55. The second kappa shape index (κ2) is 4.19.